The van der Waals surface area contributed by atoms with Gasteiger partial charge >= 0.3 is 13.6 Å². The van der Waals surface area contributed by atoms with Crippen LogP contribution in [0, 0.1) is 0 Å². The molecule has 18 heavy (non-hydrogen) atoms. The predicted molar refractivity (Wildman–Crippen MR) is 70.7 cm³/mol. The normalized spacial score (nSPS) is 14.4. The number of ether oxygens (including phenoxy) is 1. The van der Waals surface area contributed by atoms with Gasteiger partial charge in [-0.2, -0.15) is 0 Å². The Kier molecular flexibility index (Phi) is 8.16. The van der Waals surface area contributed by atoms with Crippen LogP contribution in [0.4, 0.5) is 0 Å². The van der Waals surface area contributed by atoms with Gasteiger partial charge in [0.1, 0.15) is 0 Å². The summed E-state index contributed by atoms with van der Waals surface area (Å²) in [7, 11) is -3.22. The van der Waals surface area contributed by atoms with Gasteiger partial charge in [0.05, 0.1) is 25.5 Å². The third-order valence-electron chi connectivity index (χ3n) is 2.38. The van der Waals surface area contributed by atoms with E-state index in [-0.39, 0.29) is 0 Å². The van der Waals surface area contributed by atoms with E-state index in [0.717, 1.165) is 0 Å². The molecular formula is C12H23O5P. The van der Waals surface area contributed by atoms with E-state index in [1.54, 1.807) is 34.6 Å². The standard InChI is InChI=1S/C12H23O5P/c1-6-15-12(13)9-10(4)11(5)18(14,16-7-2)17-8-3/h9,11H,6-8H2,1-5H3/b10-9+. The number of esters is 1. The third kappa shape index (κ3) is 5.34. The lowest BCUT2D eigenvalue weighted by molar-refractivity contribution is -0.137. The summed E-state index contributed by atoms with van der Waals surface area (Å²) in [5.74, 6) is -0.443. The molecule has 0 saturated heterocycles. The first kappa shape index (κ1) is 17.4. The molecule has 0 amide bonds. The molecule has 1 atom stereocenters. The largest absolute Gasteiger partial charge is 0.463 e. The minimum atomic E-state index is -3.22. The molecule has 1 unspecified atom stereocenters. The van der Waals surface area contributed by atoms with Crippen molar-refractivity contribution in [2.24, 2.45) is 0 Å². The van der Waals surface area contributed by atoms with Crippen LogP contribution in [0.25, 0.3) is 0 Å². The van der Waals surface area contributed by atoms with Crippen LogP contribution in [0.3, 0.4) is 0 Å². The van der Waals surface area contributed by atoms with Crippen molar-refractivity contribution in [3.8, 4) is 0 Å². The fraction of sp³-hybridized carbons (Fsp3) is 0.750. The minimum Gasteiger partial charge on any atom is -0.463 e. The number of carbonyl (C=O) groups excluding carboxylic acids is 1. The highest BCUT2D eigenvalue weighted by atomic mass is 31.2. The summed E-state index contributed by atoms with van der Waals surface area (Å²) in [5, 5.41) is 0. The molecule has 0 spiro atoms. The first-order chi connectivity index (χ1) is 8.41. The molecule has 0 heterocycles. The summed E-state index contributed by atoms with van der Waals surface area (Å²) in [6, 6.07) is 0. The van der Waals surface area contributed by atoms with Gasteiger partial charge < -0.3 is 13.8 Å². The van der Waals surface area contributed by atoms with Crippen LogP contribution in [0.15, 0.2) is 11.6 Å². The Bertz CT molecular complexity index is 327. The first-order valence-corrected chi connectivity index (χ1v) is 7.76. The van der Waals surface area contributed by atoms with Gasteiger partial charge in [0.25, 0.3) is 0 Å². The molecule has 0 aliphatic carbocycles. The number of hydrogen-bond acceptors (Lipinski definition) is 5. The maximum absolute atomic E-state index is 12.5. The Balaban J connectivity index is 4.91. The average Bonchev–Trinajstić information content (AvgIpc) is 2.28. The maximum Gasteiger partial charge on any atom is 0.337 e. The van der Waals surface area contributed by atoms with E-state index >= 15 is 0 Å². The van der Waals surface area contributed by atoms with E-state index in [4.69, 9.17) is 13.8 Å². The van der Waals surface area contributed by atoms with Gasteiger partial charge in [0.15, 0.2) is 0 Å². The maximum atomic E-state index is 12.5. The smallest absolute Gasteiger partial charge is 0.337 e. The van der Waals surface area contributed by atoms with Crippen LogP contribution >= 0.6 is 7.60 Å². The van der Waals surface area contributed by atoms with E-state index in [2.05, 4.69) is 0 Å². The number of hydrogen-bond donors (Lipinski definition) is 0. The zero-order valence-corrected chi connectivity index (χ0v) is 12.7. The van der Waals surface area contributed by atoms with Crippen molar-refractivity contribution in [2.75, 3.05) is 19.8 Å². The topological polar surface area (TPSA) is 61.8 Å². The molecule has 5 nitrogen and oxygen atoms in total. The second-order valence-electron chi connectivity index (χ2n) is 3.69. The fourth-order valence-corrected chi connectivity index (χ4v) is 3.18. The zero-order valence-electron chi connectivity index (χ0n) is 11.8. The van der Waals surface area contributed by atoms with Crippen LogP contribution in [-0.2, 0) is 23.1 Å². The average molecular weight is 278 g/mol. The Morgan fingerprint density at radius 2 is 1.67 bits per heavy atom. The number of allylic oxidation sites excluding steroid dienone is 1. The summed E-state index contributed by atoms with van der Waals surface area (Å²) in [4.78, 5) is 11.3. The van der Waals surface area contributed by atoms with Gasteiger partial charge in [-0.15, -0.1) is 0 Å². The lowest BCUT2D eigenvalue weighted by Gasteiger charge is -2.23. The van der Waals surface area contributed by atoms with Crippen molar-refractivity contribution in [3.05, 3.63) is 11.6 Å². The molecular weight excluding hydrogens is 255 g/mol. The Morgan fingerprint density at radius 1 is 1.17 bits per heavy atom. The molecule has 0 aromatic rings. The molecule has 6 heteroatoms. The van der Waals surface area contributed by atoms with Gasteiger partial charge in [-0.3, -0.25) is 4.57 Å². The van der Waals surface area contributed by atoms with Crippen molar-refractivity contribution < 1.29 is 23.1 Å². The SMILES string of the molecule is CCOC(=O)/C=C(\C)C(C)P(=O)(OCC)OCC. The molecule has 0 rings (SSSR count). The van der Waals surface area contributed by atoms with E-state index in [9.17, 15) is 9.36 Å². The molecule has 0 aliphatic heterocycles. The van der Waals surface area contributed by atoms with E-state index in [1.165, 1.54) is 6.08 Å². The summed E-state index contributed by atoms with van der Waals surface area (Å²) >= 11 is 0. The molecule has 106 valence electrons. The van der Waals surface area contributed by atoms with Gasteiger partial charge in [-0.25, -0.2) is 4.79 Å². The molecule has 0 N–H and O–H groups in total. The molecule has 0 fully saturated rings. The van der Waals surface area contributed by atoms with Crippen LogP contribution in [-0.4, -0.2) is 31.4 Å². The van der Waals surface area contributed by atoms with Crippen molar-refractivity contribution in [1.29, 1.82) is 0 Å². The van der Waals surface area contributed by atoms with Crippen molar-refractivity contribution in [1.82, 2.24) is 0 Å². The molecule has 0 radical (unpaired) electrons. The van der Waals surface area contributed by atoms with Crippen molar-refractivity contribution in [3.63, 3.8) is 0 Å². The van der Waals surface area contributed by atoms with Gasteiger partial charge in [-0.1, -0.05) is 5.57 Å². The third-order valence-corrected chi connectivity index (χ3v) is 4.98. The molecule has 0 bridgehead atoms. The molecule has 0 aliphatic rings. The first-order valence-electron chi connectivity index (χ1n) is 6.14. The lowest BCUT2D eigenvalue weighted by atomic mass is 10.2. The summed E-state index contributed by atoms with van der Waals surface area (Å²) in [6.07, 6.45) is 1.33. The lowest BCUT2D eigenvalue weighted by Crippen LogP contribution is -2.13. The highest BCUT2D eigenvalue weighted by Crippen LogP contribution is 2.55. The van der Waals surface area contributed by atoms with Crippen LogP contribution in [0.2, 0.25) is 0 Å². The van der Waals surface area contributed by atoms with Gasteiger partial charge in [-0.05, 0) is 34.6 Å². The summed E-state index contributed by atoms with van der Waals surface area (Å²) in [5.41, 5.74) is 0.153. The van der Waals surface area contributed by atoms with Crippen molar-refractivity contribution in [2.45, 2.75) is 40.3 Å². The Labute approximate surface area is 109 Å². The molecule has 0 aromatic carbocycles. The fourth-order valence-electron chi connectivity index (χ4n) is 1.36. The highest BCUT2D eigenvalue weighted by Gasteiger charge is 2.33. The summed E-state index contributed by atoms with van der Waals surface area (Å²) < 4.78 is 27.7. The number of rotatable bonds is 8. The minimum absolute atomic E-state index is 0.300. The van der Waals surface area contributed by atoms with E-state index in [0.29, 0.717) is 25.4 Å². The Hall–Kier alpha value is -0.640. The van der Waals surface area contributed by atoms with Crippen LogP contribution in [0.1, 0.15) is 34.6 Å². The number of carbonyl (C=O) groups is 1. The van der Waals surface area contributed by atoms with Gasteiger partial charge in [0.2, 0.25) is 0 Å². The quantitative estimate of drug-likeness (QED) is 0.388. The van der Waals surface area contributed by atoms with E-state index < -0.39 is 19.2 Å². The predicted octanol–water partition coefficient (Wildman–Crippen LogP) is 3.15. The second-order valence-corrected chi connectivity index (χ2v) is 6.06. The summed E-state index contributed by atoms with van der Waals surface area (Å²) in [6.45, 7) is 9.58. The molecule has 0 saturated carbocycles. The second kappa shape index (κ2) is 8.46. The zero-order chi connectivity index (χ0) is 14.2. The van der Waals surface area contributed by atoms with Crippen LogP contribution in [0.5, 0.6) is 0 Å². The van der Waals surface area contributed by atoms with Crippen LogP contribution < -0.4 is 0 Å². The van der Waals surface area contributed by atoms with Gasteiger partial charge in [0, 0.05) is 6.08 Å². The highest BCUT2D eigenvalue weighted by molar-refractivity contribution is 7.54. The monoisotopic (exact) mass is 278 g/mol. The Morgan fingerprint density at radius 3 is 2.06 bits per heavy atom. The molecule has 0 aromatic heterocycles. The van der Waals surface area contributed by atoms with E-state index in [1.807, 2.05) is 0 Å². The van der Waals surface area contributed by atoms with Crippen molar-refractivity contribution >= 4 is 13.6 Å².